The first-order valence-electron chi connectivity index (χ1n) is 8.68. The summed E-state index contributed by atoms with van der Waals surface area (Å²) in [4.78, 5) is 35.0. The summed E-state index contributed by atoms with van der Waals surface area (Å²) in [5, 5.41) is 2.44. The molecule has 2 bridgehead atoms. The van der Waals surface area contributed by atoms with Gasteiger partial charge in [-0.2, -0.15) is 0 Å². The van der Waals surface area contributed by atoms with Gasteiger partial charge in [0.05, 0.1) is 5.56 Å². The molecular weight excluding hydrogens is 325 g/mol. The van der Waals surface area contributed by atoms with Crippen LogP contribution >= 0.6 is 0 Å². The Kier molecular flexibility index (Phi) is 5.16. The molecule has 2 aliphatic carbocycles. The number of carbonyl (C=O) groups excluding carboxylic acids is 3. The zero-order valence-corrected chi connectivity index (χ0v) is 14.2. The van der Waals surface area contributed by atoms with E-state index in [1.807, 2.05) is 0 Å². The predicted octanol–water partition coefficient (Wildman–Crippen LogP) is 3.34. The van der Waals surface area contributed by atoms with E-state index in [1.54, 1.807) is 0 Å². The second-order valence-corrected chi connectivity index (χ2v) is 7.10. The fourth-order valence-corrected chi connectivity index (χ4v) is 4.15. The summed E-state index contributed by atoms with van der Waals surface area (Å²) >= 11 is 0. The molecule has 0 aliphatic heterocycles. The Labute approximate surface area is 145 Å². The summed E-state index contributed by atoms with van der Waals surface area (Å²) in [6.07, 6.45) is 5.09. The highest BCUT2D eigenvalue weighted by Gasteiger charge is 2.40. The van der Waals surface area contributed by atoms with Crippen molar-refractivity contribution in [3.63, 3.8) is 0 Å². The number of esters is 1. The quantitative estimate of drug-likeness (QED) is 0.633. The summed E-state index contributed by atoms with van der Waals surface area (Å²) in [5.74, 6) is -0.314. The van der Waals surface area contributed by atoms with Crippen LogP contribution in [0.15, 0.2) is 18.2 Å². The van der Waals surface area contributed by atoms with E-state index in [2.05, 4.69) is 5.32 Å². The van der Waals surface area contributed by atoms with Crippen molar-refractivity contribution in [2.45, 2.75) is 39.0 Å². The lowest BCUT2D eigenvalue weighted by Gasteiger charge is -2.20. The molecule has 6 heteroatoms. The van der Waals surface area contributed by atoms with Gasteiger partial charge >= 0.3 is 5.97 Å². The fraction of sp³-hybridized carbons (Fsp3) is 0.526. The van der Waals surface area contributed by atoms with Crippen LogP contribution in [-0.2, 0) is 14.3 Å². The van der Waals surface area contributed by atoms with Gasteiger partial charge in [0, 0.05) is 19.0 Å². The lowest BCUT2D eigenvalue weighted by molar-refractivity contribution is -0.144. The van der Waals surface area contributed by atoms with Crippen LogP contribution < -0.4 is 5.32 Å². The van der Waals surface area contributed by atoms with Crippen molar-refractivity contribution < 1.29 is 23.5 Å². The smallest absolute Gasteiger partial charge is 0.306 e. The standard InChI is InChI=1S/C19H22FNO4/c1-11(22)21-15-4-5-16(17(20)9-15)18(23)10-25-19(24)8-14-7-12-2-3-13(14)6-12/h4-5,9,12-14H,2-3,6-8,10H2,1H3,(H,21,22)/t12-,13+,14-/m0/s1. The largest absolute Gasteiger partial charge is 0.457 e. The number of amides is 1. The Bertz CT molecular complexity index is 703. The molecule has 134 valence electrons. The van der Waals surface area contributed by atoms with Crippen molar-refractivity contribution in [1.29, 1.82) is 0 Å². The fourth-order valence-electron chi connectivity index (χ4n) is 4.15. The third-order valence-corrected chi connectivity index (χ3v) is 5.27. The third-order valence-electron chi connectivity index (χ3n) is 5.27. The third kappa shape index (κ3) is 4.24. The van der Waals surface area contributed by atoms with E-state index < -0.39 is 18.2 Å². The van der Waals surface area contributed by atoms with Gasteiger partial charge in [-0.25, -0.2) is 4.39 Å². The van der Waals surface area contributed by atoms with Gasteiger partial charge in [-0.05, 0) is 55.2 Å². The molecule has 0 saturated heterocycles. The van der Waals surface area contributed by atoms with Crippen LogP contribution in [0.4, 0.5) is 10.1 Å². The number of carbonyl (C=O) groups is 3. The van der Waals surface area contributed by atoms with Crippen LogP contribution in [-0.4, -0.2) is 24.3 Å². The topological polar surface area (TPSA) is 72.5 Å². The maximum atomic E-state index is 14.0. The number of benzene rings is 1. The molecule has 0 heterocycles. The average Bonchev–Trinajstić information content (AvgIpc) is 3.15. The molecule has 3 atom stereocenters. The molecule has 1 N–H and O–H groups in total. The highest BCUT2D eigenvalue weighted by molar-refractivity contribution is 5.99. The van der Waals surface area contributed by atoms with E-state index in [0.29, 0.717) is 18.3 Å². The van der Waals surface area contributed by atoms with Crippen LogP contribution in [0, 0.1) is 23.6 Å². The summed E-state index contributed by atoms with van der Waals surface area (Å²) in [6, 6.07) is 3.80. The van der Waals surface area contributed by atoms with Crippen molar-refractivity contribution in [2.24, 2.45) is 17.8 Å². The van der Waals surface area contributed by atoms with Crippen LogP contribution in [0.25, 0.3) is 0 Å². The number of fused-ring (bicyclic) bond motifs is 2. The summed E-state index contributed by atoms with van der Waals surface area (Å²) in [6.45, 7) is 0.850. The van der Waals surface area contributed by atoms with Gasteiger partial charge in [0.2, 0.25) is 11.7 Å². The number of anilines is 1. The zero-order valence-electron chi connectivity index (χ0n) is 14.2. The average molecular weight is 347 g/mol. The lowest BCUT2D eigenvalue weighted by atomic mass is 9.86. The Morgan fingerprint density at radius 3 is 2.64 bits per heavy atom. The second kappa shape index (κ2) is 7.33. The first-order chi connectivity index (χ1) is 11.9. The van der Waals surface area contributed by atoms with Gasteiger partial charge < -0.3 is 10.1 Å². The molecular formula is C19H22FNO4. The molecule has 2 aliphatic rings. The summed E-state index contributed by atoms with van der Waals surface area (Å²) in [7, 11) is 0. The molecule has 0 aromatic heterocycles. The molecule has 25 heavy (non-hydrogen) atoms. The van der Waals surface area contributed by atoms with E-state index in [9.17, 15) is 18.8 Å². The van der Waals surface area contributed by atoms with Gasteiger partial charge in [-0.1, -0.05) is 6.42 Å². The number of hydrogen-bond donors (Lipinski definition) is 1. The minimum absolute atomic E-state index is 0.151. The molecule has 2 saturated carbocycles. The molecule has 1 aromatic carbocycles. The summed E-state index contributed by atoms with van der Waals surface area (Å²) < 4.78 is 19.0. The van der Waals surface area contributed by atoms with Crippen LogP contribution in [0.2, 0.25) is 0 Å². The number of ketones is 1. The van der Waals surface area contributed by atoms with Crippen molar-refractivity contribution >= 4 is 23.3 Å². The van der Waals surface area contributed by atoms with E-state index in [-0.39, 0.29) is 23.1 Å². The van der Waals surface area contributed by atoms with Crippen LogP contribution in [0.3, 0.4) is 0 Å². The lowest BCUT2D eigenvalue weighted by Crippen LogP contribution is -2.20. The molecule has 2 fully saturated rings. The number of Topliss-reactive ketones (excluding diaryl/α,β-unsaturated/α-hetero) is 1. The minimum Gasteiger partial charge on any atom is -0.457 e. The van der Waals surface area contributed by atoms with Crippen molar-refractivity contribution in [3.05, 3.63) is 29.6 Å². The predicted molar refractivity (Wildman–Crippen MR) is 89.5 cm³/mol. The maximum absolute atomic E-state index is 14.0. The van der Waals surface area contributed by atoms with Gasteiger partial charge in [0.15, 0.2) is 6.61 Å². The number of rotatable bonds is 6. The van der Waals surface area contributed by atoms with Crippen molar-refractivity contribution in [1.82, 2.24) is 0 Å². The van der Waals surface area contributed by atoms with E-state index in [1.165, 1.54) is 38.3 Å². The number of ether oxygens (including phenoxy) is 1. The van der Waals surface area contributed by atoms with Crippen LogP contribution in [0.1, 0.15) is 49.4 Å². The first kappa shape index (κ1) is 17.6. The van der Waals surface area contributed by atoms with Gasteiger partial charge in [0.25, 0.3) is 0 Å². The Morgan fingerprint density at radius 1 is 1.24 bits per heavy atom. The molecule has 3 rings (SSSR count). The molecule has 0 spiro atoms. The van der Waals surface area contributed by atoms with Crippen molar-refractivity contribution in [2.75, 3.05) is 11.9 Å². The van der Waals surface area contributed by atoms with E-state index in [4.69, 9.17) is 4.74 Å². The number of halogens is 1. The Morgan fingerprint density at radius 2 is 2.04 bits per heavy atom. The zero-order chi connectivity index (χ0) is 18.0. The van der Waals surface area contributed by atoms with E-state index in [0.717, 1.165) is 18.4 Å². The van der Waals surface area contributed by atoms with Gasteiger partial charge in [-0.3, -0.25) is 14.4 Å². The monoisotopic (exact) mass is 347 g/mol. The van der Waals surface area contributed by atoms with Crippen LogP contribution in [0.5, 0.6) is 0 Å². The van der Waals surface area contributed by atoms with Crippen molar-refractivity contribution in [3.8, 4) is 0 Å². The Hall–Kier alpha value is -2.24. The Balaban J connectivity index is 1.50. The minimum atomic E-state index is -0.750. The number of hydrogen-bond acceptors (Lipinski definition) is 4. The van der Waals surface area contributed by atoms with E-state index >= 15 is 0 Å². The first-order valence-corrected chi connectivity index (χ1v) is 8.68. The molecule has 1 aromatic rings. The highest BCUT2D eigenvalue weighted by Crippen LogP contribution is 2.49. The SMILES string of the molecule is CC(=O)Nc1ccc(C(=O)COC(=O)C[C@@H]2C[C@H]3CC[C@@H]2C3)c(F)c1. The highest BCUT2D eigenvalue weighted by atomic mass is 19.1. The number of nitrogens with one attached hydrogen (secondary N) is 1. The maximum Gasteiger partial charge on any atom is 0.306 e. The second-order valence-electron chi connectivity index (χ2n) is 7.10. The van der Waals surface area contributed by atoms with Gasteiger partial charge in [0.1, 0.15) is 5.82 Å². The summed E-state index contributed by atoms with van der Waals surface area (Å²) in [5.41, 5.74) is 0.122. The molecule has 0 unspecified atom stereocenters. The molecule has 1 amide bonds. The van der Waals surface area contributed by atoms with Gasteiger partial charge in [-0.15, -0.1) is 0 Å². The normalized spacial score (nSPS) is 24.2. The molecule has 5 nitrogen and oxygen atoms in total. The molecule has 0 radical (unpaired) electrons.